The number of hydrogen-bond acceptors (Lipinski definition) is 5. The average Bonchev–Trinajstić information content (AvgIpc) is 2.57. The Morgan fingerprint density at radius 1 is 1.14 bits per heavy atom. The zero-order valence-electron chi connectivity index (χ0n) is 16.1. The average molecular weight is 470 g/mol. The van der Waals surface area contributed by atoms with Gasteiger partial charge in [0.25, 0.3) is 0 Å². The number of nitrogens with zero attached hydrogens (tertiary/aromatic N) is 1. The number of sulfone groups is 1. The van der Waals surface area contributed by atoms with Crippen LogP contribution in [0.4, 0.5) is 11.4 Å². The fourth-order valence-electron chi connectivity index (χ4n) is 3.04. The molecule has 152 valence electrons. The largest absolute Gasteiger partial charge is 0.481 e. The smallest absolute Gasteiger partial charge is 0.341 e. The number of anilines is 2. The van der Waals surface area contributed by atoms with E-state index in [9.17, 15) is 13.2 Å². The number of rotatable bonds is 9. The molecule has 0 saturated heterocycles. The zero-order valence-corrected chi connectivity index (χ0v) is 18.5. The van der Waals surface area contributed by atoms with Crippen LogP contribution < -0.4 is 9.64 Å². The summed E-state index contributed by atoms with van der Waals surface area (Å²) in [6.45, 7) is 3.89. The number of para-hydroxylation sites is 1. The molecule has 0 radical (unpaired) electrons. The quantitative estimate of drug-likeness (QED) is 0.594. The highest BCUT2D eigenvalue weighted by molar-refractivity contribution is 9.10. The summed E-state index contributed by atoms with van der Waals surface area (Å²) in [6.07, 6.45) is 1.24. The maximum Gasteiger partial charge on any atom is 0.341 e. The Balaban J connectivity index is 2.37. The standard InChI is InChI=1S/C20H24BrNO5S/c1-20(2,14-28(3,25)26)13-22(15-7-5-4-6-8-15)16-9-10-18(17(21)11-16)27-12-19(23)24/h4-11H,12-14H2,1-3H3,(H,23,24). The van der Waals surface area contributed by atoms with E-state index in [0.717, 1.165) is 11.4 Å². The molecule has 6 nitrogen and oxygen atoms in total. The Morgan fingerprint density at radius 2 is 1.79 bits per heavy atom. The summed E-state index contributed by atoms with van der Waals surface area (Å²) in [5.74, 6) is -0.566. The number of carboxylic acid groups (broad SMARTS) is 1. The highest BCUT2D eigenvalue weighted by Gasteiger charge is 2.27. The van der Waals surface area contributed by atoms with E-state index in [1.165, 1.54) is 6.26 Å². The molecule has 8 heteroatoms. The van der Waals surface area contributed by atoms with Gasteiger partial charge in [-0.25, -0.2) is 13.2 Å². The molecule has 0 heterocycles. The van der Waals surface area contributed by atoms with Crippen molar-refractivity contribution in [2.75, 3.05) is 30.1 Å². The molecule has 28 heavy (non-hydrogen) atoms. The number of ether oxygens (including phenoxy) is 1. The Kier molecular flexibility index (Phi) is 7.11. The molecule has 2 aromatic carbocycles. The van der Waals surface area contributed by atoms with E-state index in [0.29, 0.717) is 16.8 Å². The molecule has 0 aliphatic carbocycles. The van der Waals surface area contributed by atoms with Gasteiger partial charge in [-0.15, -0.1) is 0 Å². The first-order valence-corrected chi connectivity index (χ1v) is 11.5. The van der Waals surface area contributed by atoms with E-state index in [4.69, 9.17) is 9.84 Å². The van der Waals surface area contributed by atoms with Crippen molar-refractivity contribution in [3.8, 4) is 5.75 Å². The molecule has 1 N–H and O–H groups in total. The highest BCUT2D eigenvalue weighted by Crippen LogP contribution is 2.35. The minimum Gasteiger partial charge on any atom is -0.481 e. The van der Waals surface area contributed by atoms with Gasteiger partial charge in [0.15, 0.2) is 6.61 Å². The summed E-state index contributed by atoms with van der Waals surface area (Å²) in [5.41, 5.74) is 1.27. The Hall–Kier alpha value is -2.06. The van der Waals surface area contributed by atoms with Gasteiger partial charge in [-0.05, 0) is 51.7 Å². The van der Waals surface area contributed by atoms with Gasteiger partial charge in [-0.3, -0.25) is 0 Å². The molecule has 0 saturated carbocycles. The number of carboxylic acids is 1. The van der Waals surface area contributed by atoms with Crippen molar-refractivity contribution < 1.29 is 23.1 Å². The monoisotopic (exact) mass is 469 g/mol. The number of halogens is 1. The van der Waals surface area contributed by atoms with Gasteiger partial charge in [0.1, 0.15) is 15.6 Å². The van der Waals surface area contributed by atoms with Crippen LogP contribution in [-0.4, -0.2) is 44.7 Å². The predicted octanol–water partition coefficient (Wildman–Crippen LogP) is 4.12. The lowest BCUT2D eigenvalue weighted by Crippen LogP contribution is -2.36. The van der Waals surface area contributed by atoms with Crippen molar-refractivity contribution >= 4 is 43.1 Å². The van der Waals surface area contributed by atoms with Gasteiger partial charge >= 0.3 is 5.97 Å². The van der Waals surface area contributed by atoms with Crippen LogP contribution in [0.5, 0.6) is 5.75 Å². The van der Waals surface area contributed by atoms with Gasteiger partial charge in [0.2, 0.25) is 0 Å². The summed E-state index contributed by atoms with van der Waals surface area (Å²) in [7, 11) is -3.13. The highest BCUT2D eigenvalue weighted by atomic mass is 79.9. The van der Waals surface area contributed by atoms with Crippen molar-refractivity contribution in [3.63, 3.8) is 0 Å². The maximum absolute atomic E-state index is 11.8. The number of benzene rings is 2. The van der Waals surface area contributed by atoms with Crippen molar-refractivity contribution in [3.05, 3.63) is 53.0 Å². The molecular formula is C20H24BrNO5S. The molecule has 0 unspecified atom stereocenters. The van der Waals surface area contributed by atoms with Gasteiger partial charge in [0.05, 0.1) is 10.2 Å². The summed E-state index contributed by atoms with van der Waals surface area (Å²) in [6, 6.07) is 15.0. The van der Waals surface area contributed by atoms with E-state index >= 15 is 0 Å². The van der Waals surface area contributed by atoms with Crippen LogP contribution >= 0.6 is 15.9 Å². The summed E-state index contributed by atoms with van der Waals surface area (Å²) in [4.78, 5) is 12.8. The lowest BCUT2D eigenvalue weighted by atomic mass is 9.95. The molecule has 0 aliphatic heterocycles. The second kappa shape index (κ2) is 8.96. The van der Waals surface area contributed by atoms with Crippen molar-refractivity contribution in [1.29, 1.82) is 0 Å². The normalized spacial score (nSPS) is 11.9. The van der Waals surface area contributed by atoms with Gasteiger partial charge in [-0.1, -0.05) is 32.0 Å². The van der Waals surface area contributed by atoms with E-state index in [1.54, 1.807) is 6.07 Å². The van der Waals surface area contributed by atoms with Crippen molar-refractivity contribution in [2.24, 2.45) is 5.41 Å². The third kappa shape index (κ3) is 6.83. The first-order chi connectivity index (χ1) is 13.0. The van der Waals surface area contributed by atoms with E-state index < -0.39 is 27.8 Å². The molecule has 0 aliphatic rings. The summed E-state index contributed by atoms with van der Waals surface area (Å²) < 4.78 is 29.6. The predicted molar refractivity (Wildman–Crippen MR) is 114 cm³/mol. The third-order valence-electron chi connectivity index (χ3n) is 3.89. The Bertz CT molecular complexity index is 929. The Labute approximate surface area is 174 Å². The maximum atomic E-state index is 11.8. The fourth-order valence-corrected chi connectivity index (χ4v) is 5.03. The van der Waals surface area contributed by atoms with Crippen molar-refractivity contribution in [2.45, 2.75) is 13.8 Å². The number of aliphatic carboxylic acids is 1. The molecule has 0 spiro atoms. The van der Waals surface area contributed by atoms with Crippen LogP contribution in [0.15, 0.2) is 53.0 Å². The van der Waals surface area contributed by atoms with E-state index in [-0.39, 0.29) is 5.75 Å². The zero-order chi connectivity index (χ0) is 20.9. The third-order valence-corrected chi connectivity index (χ3v) is 5.81. The molecule has 0 amide bonds. The minimum absolute atomic E-state index is 0.0598. The van der Waals surface area contributed by atoms with E-state index in [2.05, 4.69) is 15.9 Å². The molecule has 2 aromatic rings. The molecule has 0 fully saturated rings. The molecule has 0 aromatic heterocycles. The van der Waals surface area contributed by atoms with E-state index in [1.807, 2.05) is 61.2 Å². The molecule has 2 rings (SSSR count). The van der Waals surface area contributed by atoms with Gasteiger partial charge in [0, 0.05) is 24.2 Å². The van der Waals surface area contributed by atoms with Crippen LogP contribution in [0.3, 0.4) is 0 Å². The Morgan fingerprint density at radius 3 is 2.32 bits per heavy atom. The SMILES string of the molecule is CC(C)(CN(c1ccccc1)c1ccc(OCC(=O)O)c(Br)c1)CS(C)(=O)=O. The van der Waals surface area contributed by atoms with Crippen LogP contribution in [0.2, 0.25) is 0 Å². The fraction of sp³-hybridized carbons (Fsp3) is 0.350. The first kappa shape index (κ1) is 22.2. The summed E-state index contributed by atoms with van der Waals surface area (Å²) >= 11 is 3.43. The lowest BCUT2D eigenvalue weighted by molar-refractivity contribution is -0.139. The van der Waals surface area contributed by atoms with Crippen molar-refractivity contribution in [1.82, 2.24) is 0 Å². The van der Waals surface area contributed by atoms with Gasteiger partial charge in [-0.2, -0.15) is 0 Å². The molecular weight excluding hydrogens is 446 g/mol. The van der Waals surface area contributed by atoms with Crippen LogP contribution in [0.1, 0.15) is 13.8 Å². The van der Waals surface area contributed by atoms with Gasteiger partial charge < -0.3 is 14.7 Å². The van der Waals surface area contributed by atoms with Crippen LogP contribution in [-0.2, 0) is 14.6 Å². The second-order valence-corrected chi connectivity index (χ2v) is 10.4. The topological polar surface area (TPSA) is 83.9 Å². The van der Waals surface area contributed by atoms with Crippen LogP contribution in [0, 0.1) is 5.41 Å². The first-order valence-electron chi connectivity index (χ1n) is 8.61. The molecule has 0 atom stereocenters. The second-order valence-electron chi connectivity index (χ2n) is 7.45. The molecule has 0 bridgehead atoms. The minimum atomic E-state index is -3.13. The number of hydrogen-bond donors (Lipinski definition) is 1. The summed E-state index contributed by atoms with van der Waals surface area (Å²) in [5, 5.41) is 8.78. The van der Waals surface area contributed by atoms with Crippen LogP contribution in [0.25, 0.3) is 0 Å². The number of carbonyl (C=O) groups is 1. The lowest BCUT2D eigenvalue weighted by Gasteiger charge is -2.34.